The Hall–Kier alpha value is -12.6. The highest BCUT2D eigenvalue weighted by molar-refractivity contribution is 5.99. The molecule has 0 fully saturated rings. The zero-order valence-electron chi connectivity index (χ0n) is 59.5. The number of nitrogens with two attached hydrogens (primary N) is 6. The van der Waals surface area contributed by atoms with E-state index < -0.39 is 125 Å². The van der Waals surface area contributed by atoms with E-state index in [1.165, 1.54) is 0 Å². The SMILES string of the molecule is N=C(N)NCCC[C@H](NC(=O)[C@H](CCCNC(=N)N)NC(=O)[C@H](CCCNC(=N)N)NC(=O)[C@@H](N)CCCNC(=N)N)C(=O)N[C@@H](CCCNC(=N)N)C(=O)N[C@H](C(=O)N[C@H](C(=O)N[C@H](C(=O)O)C(c1ccccc1)c1ccccc1)C(c1ccccc1)c1ccccc1)C(c1ccccc1)c1ccccc1. The molecule has 570 valence electrons. The van der Waals surface area contributed by atoms with Crippen molar-refractivity contribution in [2.45, 2.75) is 130 Å². The van der Waals surface area contributed by atoms with Crippen molar-refractivity contribution in [3.63, 3.8) is 0 Å². The van der Waals surface area contributed by atoms with E-state index in [4.69, 9.17) is 61.4 Å². The molecule has 32 heteroatoms. The summed E-state index contributed by atoms with van der Waals surface area (Å²) in [5.74, 6) is -12.4. The van der Waals surface area contributed by atoms with Gasteiger partial charge in [-0.1, -0.05) is 182 Å². The molecule has 0 unspecified atom stereocenters. The molecule has 6 rings (SSSR count). The van der Waals surface area contributed by atoms with Crippen molar-refractivity contribution < 1.29 is 43.5 Å². The predicted molar refractivity (Wildman–Crippen MR) is 409 cm³/mol. The third-order valence-electron chi connectivity index (χ3n) is 17.5. The zero-order valence-corrected chi connectivity index (χ0v) is 59.5. The first-order chi connectivity index (χ1) is 51.4. The standard InChI is InChI=1S/C75H101N23O9/c76-52(36-19-41-87-71(77)78)63(99)92-53(37-20-42-88-72(79)80)64(100)93-54(38-21-43-89-73(81)82)65(101)94-55(39-22-44-90-74(83)84)66(102)95-56(40-23-45-91-75(85)86)67(103)96-60(57(46-24-7-1-8-25-46)47-26-9-2-10-27-47)68(104)97-61(58(48-28-11-3-12-29-48)49-30-13-4-14-31-49)69(105)98-62(70(106)107)59(50-32-15-5-16-33-50)51-34-17-6-18-35-51/h1-18,24-35,52-62H,19-23,36-45,76H2,(H,92,99)(H,93,100)(H,94,101)(H,95,102)(H,96,103)(H,97,104)(H,98,105)(H,106,107)(H4,77,78,87)(H4,79,80,88)(H4,81,82,89)(H4,83,84,90)(H4,85,86,91)/t52-,53-,54-,55-,56-,60-,61-,62-/m0/s1. The van der Waals surface area contributed by atoms with Crippen LogP contribution in [0.3, 0.4) is 0 Å². The molecule has 0 heterocycles. The first-order valence-electron chi connectivity index (χ1n) is 35.2. The van der Waals surface area contributed by atoms with E-state index in [0.717, 1.165) is 0 Å². The number of hydrogen-bond donors (Lipinski definition) is 24. The van der Waals surface area contributed by atoms with Gasteiger partial charge in [0.15, 0.2) is 29.8 Å². The Balaban J connectivity index is 1.44. The van der Waals surface area contributed by atoms with E-state index in [0.29, 0.717) is 39.8 Å². The molecule has 0 spiro atoms. The van der Waals surface area contributed by atoms with E-state index in [1.54, 1.807) is 182 Å². The molecule has 30 N–H and O–H groups in total. The highest BCUT2D eigenvalue weighted by Gasteiger charge is 2.42. The number of carboxylic acids is 1. The van der Waals surface area contributed by atoms with Crippen LogP contribution in [0.1, 0.15) is 115 Å². The van der Waals surface area contributed by atoms with Crippen LogP contribution in [0.5, 0.6) is 0 Å². The summed E-state index contributed by atoms with van der Waals surface area (Å²) < 4.78 is 0. The van der Waals surface area contributed by atoms with Crippen LogP contribution >= 0.6 is 0 Å². The van der Waals surface area contributed by atoms with Gasteiger partial charge < -0.3 is 103 Å². The van der Waals surface area contributed by atoms with Gasteiger partial charge >= 0.3 is 5.97 Å². The number of nitrogens with one attached hydrogen (secondary N) is 17. The van der Waals surface area contributed by atoms with Gasteiger partial charge in [-0.25, -0.2) is 4.79 Å². The van der Waals surface area contributed by atoms with Gasteiger partial charge in [0.2, 0.25) is 41.4 Å². The van der Waals surface area contributed by atoms with Crippen LogP contribution in [0.4, 0.5) is 0 Å². The largest absolute Gasteiger partial charge is 0.480 e. The molecule has 0 radical (unpaired) electrons. The molecular weight excluding hydrogens is 1370 g/mol. The average molecular weight is 1470 g/mol. The maximum Gasteiger partial charge on any atom is 0.327 e. The monoisotopic (exact) mass is 1470 g/mol. The minimum Gasteiger partial charge on any atom is -0.480 e. The van der Waals surface area contributed by atoms with Crippen LogP contribution in [0.15, 0.2) is 182 Å². The number of guanidine groups is 5. The number of hydrogen-bond acceptors (Lipinski definition) is 14. The van der Waals surface area contributed by atoms with E-state index in [2.05, 4.69) is 63.8 Å². The second-order valence-corrected chi connectivity index (χ2v) is 25.5. The summed E-state index contributed by atoms with van der Waals surface area (Å²) in [6.45, 7) is 0.421. The molecule has 6 aromatic carbocycles. The summed E-state index contributed by atoms with van der Waals surface area (Å²) in [6, 6.07) is 40.9. The summed E-state index contributed by atoms with van der Waals surface area (Å²) in [7, 11) is 0. The smallest absolute Gasteiger partial charge is 0.327 e. The second kappa shape index (κ2) is 44.1. The third-order valence-corrected chi connectivity index (χ3v) is 17.5. The van der Waals surface area contributed by atoms with Crippen LogP contribution in [0.25, 0.3) is 0 Å². The molecule has 8 atom stereocenters. The van der Waals surface area contributed by atoms with Gasteiger partial charge in [-0.15, -0.1) is 0 Å². The molecule has 7 amide bonds. The summed E-state index contributed by atoms with van der Waals surface area (Å²) >= 11 is 0. The fourth-order valence-electron chi connectivity index (χ4n) is 12.3. The van der Waals surface area contributed by atoms with Gasteiger partial charge in [0.05, 0.1) is 6.04 Å². The van der Waals surface area contributed by atoms with E-state index in [1.807, 2.05) is 0 Å². The number of aliphatic carboxylic acids is 1. The zero-order chi connectivity index (χ0) is 77.6. The quantitative estimate of drug-likeness (QED) is 0.0141. The van der Waals surface area contributed by atoms with Crippen LogP contribution in [0, 0.1) is 27.0 Å². The van der Waals surface area contributed by atoms with Crippen molar-refractivity contribution in [3.8, 4) is 0 Å². The molecule has 0 saturated carbocycles. The molecule has 0 aliphatic carbocycles. The van der Waals surface area contributed by atoms with Crippen LogP contribution in [-0.4, -0.2) is 163 Å². The Morgan fingerprint density at radius 1 is 0.280 bits per heavy atom. The van der Waals surface area contributed by atoms with Gasteiger partial charge in [-0.3, -0.25) is 60.6 Å². The van der Waals surface area contributed by atoms with Crippen molar-refractivity contribution in [2.24, 2.45) is 34.4 Å². The molecule has 32 nitrogen and oxygen atoms in total. The van der Waals surface area contributed by atoms with Crippen LogP contribution < -0.4 is 98.2 Å². The molecule has 0 saturated heterocycles. The number of carboxylic acid groups (broad SMARTS) is 1. The first-order valence-corrected chi connectivity index (χ1v) is 35.2. The van der Waals surface area contributed by atoms with Crippen LogP contribution in [-0.2, 0) is 38.4 Å². The Morgan fingerprint density at radius 3 is 0.710 bits per heavy atom. The topological polar surface area (TPSA) is 577 Å². The second-order valence-electron chi connectivity index (χ2n) is 25.5. The fourth-order valence-corrected chi connectivity index (χ4v) is 12.3. The van der Waals surface area contributed by atoms with Crippen molar-refractivity contribution in [2.75, 3.05) is 32.7 Å². The van der Waals surface area contributed by atoms with Crippen LogP contribution in [0.2, 0.25) is 0 Å². The Morgan fingerprint density at radius 2 is 0.477 bits per heavy atom. The van der Waals surface area contributed by atoms with Crippen molar-refractivity contribution in [1.29, 1.82) is 27.0 Å². The number of benzene rings is 6. The van der Waals surface area contributed by atoms with Gasteiger partial charge in [0.25, 0.3) is 0 Å². The molecule has 107 heavy (non-hydrogen) atoms. The molecular formula is C75H101N23O9. The summed E-state index contributed by atoms with van der Waals surface area (Å²) in [6.07, 6.45) is 0.267. The molecule has 0 aromatic heterocycles. The Bertz CT molecular complexity index is 3770. The molecule has 0 bridgehead atoms. The van der Waals surface area contributed by atoms with Crippen molar-refractivity contribution in [3.05, 3.63) is 215 Å². The maximum atomic E-state index is 16.4. The number of carbonyl (C=O) groups excluding carboxylic acids is 7. The fraction of sp³-hybridized carbons (Fsp3) is 0.347. The Labute approximate surface area is 621 Å². The lowest BCUT2D eigenvalue weighted by molar-refractivity contribution is -0.143. The lowest BCUT2D eigenvalue weighted by atomic mass is 9.81. The van der Waals surface area contributed by atoms with Gasteiger partial charge in [0, 0.05) is 50.5 Å². The van der Waals surface area contributed by atoms with E-state index in [9.17, 15) is 24.3 Å². The van der Waals surface area contributed by atoms with Gasteiger partial charge in [0.1, 0.15) is 42.3 Å². The minimum atomic E-state index is -1.68. The summed E-state index contributed by atoms with van der Waals surface area (Å²) in [5.41, 5.74) is 37.4. The lowest BCUT2D eigenvalue weighted by Gasteiger charge is -2.35. The summed E-state index contributed by atoms with van der Waals surface area (Å²) in [5, 5.41) is 82.9. The highest BCUT2D eigenvalue weighted by Crippen LogP contribution is 2.34. The molecule has 0 aliphatic rings. The third kappa shape index (κ3) is 28.2. The van der Waals surface area contributed by atoms with Gasteiger partial charge in [-0.2, -0.15) is 0 Å². The first kappa shape index (κ1) is 83.3. The van der Waals surface area contributed by atoms with Crippen molar-refractivity contribution >= 4 is 77.1 Å². The molecule has 6 aromatic rings. The maximum absolute atomic E-state index is 16.4. The van der Waals surface area contributed by atoms with Crippen molar-refractivity contribution in [1.82, 2.24) is 63.8 Å². The Kier molecular flexibility index (Phi) is 34.4. The predicted octanol–water partition coefficient (Wildman–Crippen LogP) is 0.605. The van der Waals surface area contributed by atoms with Gasteiger partial charge in [-0.05, 0) is 97.6 Å². The summed E-state index contributed by atoms with van der Waals surface area (Å²) in [4.78, 5) is 120. The lowest BCUT2D eigenvalue weighted by Crippen LogP contribution is -2.61. The normalized spacial score (nSPS) is 13.2. The van der Waals surface area contributed by atoms with E-state index >= 15 is 19.2 Å². The van der Waals surface area contributed by atoms with E-state index in [-0.39, 0.29) is 108 Å². The molecule has 0 aliphatic heterocycles. The number of rotatable bonds is 44. The number of amides is 7. The minimum absolute atomic E-state index is 0.00934. The highest BCUT2D eigenvalue weighted by atomic mass is 16.4. The average Bonchev–Trinajstić information content (AvgIpc) is 0.789. The number of carbonyl (C=O) groups is 8.